The lowest BCUT2D eigenvalue weighted by molar-refractivity contribution is -0.384. The number of hydrogen-bond acceptors (Lipinski definition) is 6. The van der Waals surface area contributed by atoms with Crippen molar-refractivity contribution in [3.63, 3.8) is 0 Å². The Morgan fingerprint density at radius 3 is 3.00 bits per heavy atom. The molecule has 0 amide bonds. The highest BCUT2D eigenvalue weighted by molar-refractivity contribution is 5.62. The van der Waals surface area contributed by atoms with Crippen molar-refractivity contribution in [2.45, 2.75) is 26.4 Å². The van der Waals surface area contributed by atoms with Crippen LogP contribution in [0, 0.1) is 10.1 Å². The molecule has 1 unspecified atom stereocenters. The Morgan fingerprint density at radius 2 is 2.35 bits per heavy atom. The molecular formula is C13H20N4O3. The maximum Gasteiger partial charge on any atom is 0.311 e. The van der Waals surface area contributed by atoms with Gasteiger partial charge < -0.3 is 15.0 Å². The number of pyridine rings is 1. The summed E-state index contributed by atoms with van der Waals surface area (Å²) in [5.74, 6) is 1.09. The largest absolute Gasteiger partial charge is 0.375 e. The van der Waals surface area contributed by atoms with Gasteiger partial charge in [0.25, 0.3) is 0 Å². The van der Waals surface area contributed by atoms with Crippen molar-refractivity contribution in [1.29, 1.82) is 0 Å². The molecule has 0 spiro atoms. The Bertz CT molecular complexity index is 481. The smallest absolute Gasteiger partial charge is 0.311 e. The molecule has 1 aromatic rings. The van der Waals surface area contributed by atoms with Crippen LogP contribution in [0.25, 0.3) is 0 Å². The molecule has 0 aliphatic carbocycles. The number of nitrogens with one attached hydrogen (secondary N) is 1. The van der Waals surface area contributed by atoms with Gasteiger partial charge in [0.1, 0.15) is 5.82 Å². The SMILES string of the molecule is CCNc1ccc([N+](=O)[O-])c(N2CCOC(CC)C2)n1. The number of rotatable bonds is 5. The van der Waals surface area contributed by atoms with Crippen LogP contribution in [0.5, 0.6) is 0 Å². The van der Waals surface area contributed by atoms with Crippen molar-refractivity contribution in [2.24, 2.45) is 0 Å². The van der Waals surface area contributed by atoms with Gasteiger partial charge in [0, 0.05) is 25.7 Å². The van der Waals surface area contributed by atoms with E-state index in [0.717, 1.165) is 13.0 Å². The molecule has 1 N–H and O–H groups in total. The lowest BCUT2D eigenvalue weighted by Crippen LogP contribution is -2.42. The third-order valence-electron chi connectivity index (χ3n) is 3.30. The van der Waals surface area contributed by atoms with E-state index < -0.39 is 0 Å². The van der Waals surface area contributed by atoms with E-state index in [0.29, 0.717) is 31.3 Å². The quantitative estimate of drug-likeness (QED) is 0.656. The van der Waals surface area contributed by atoms with Crippen LogP contribution < -0.4 is 10.2 Å². The fourth-order valence-corrected chi connectivity index (χ4v) is 2.25. The highest BCUT2D eigenvalue weighted by Crippen LogP contribution is 2.29. The minimum atomic E-state index is -0.380. The van der Waals surface area contributed by atoms with Gasteiger partial charge in [0.05, 0.1) is 17.6 Å². The average Bonchev–Trinajstić information content (AvgIpc) is 2.47. The average molecular weight is 280 g/mol. The van der Waals surface area contributed by atoms with E-state index >= 15 is 0 Å². The summed E-state index contributed by atoms with van der Waals surface area (Å²) in [6.07, 6.45) is 0.991. The lowest BCUT2D eigenvalue weighted by atomic mass is 10.2. The normalized spacial score (nSPS) is 18.9. The summed E-state index contributed by atoms with van der Waals surface area (Å²) < 4.78 is 5.60. The Kier molecular flexibility index (Phi) is 4.73. The maximum absolute atomic E-state index is 11.2. The van der Waals surface area contributed by atoms with Crippen LogP contribution >= 0.6 is 0 Å². The van der Waals surface area contributed by atoms with E-state index in [-0.39, 0.29) is 16.7 Å². The minimum Gasteiger partial charge on any atom is -0.375 e. The Balaban J connectivity index is 2.31. The zero-order valence-electron chi connectivity index (χ0n) is 11.8. The zero-order valence-corrected chi connectivity index (χ0v) is 11.8. The Hall–Kier alpha value is -1.89. The fourth-order valence-electron chi connectivity index (χ4n) is 2.25. The Morgan fingerprint density at radius 1 is 1.55 bits per heavy atom. The summed E-state index contributed by atoms with van der Waals surface area (Å²) in [5, 5.41) is 14.3. The van der Waals surface area contributed by atoms with Gasteiger partial charge in [-0.3, -0.25) is 10.1 Å². The van der Waals surface area contributed by atoms with Crippen LogP contribution in [-0.4, -0.2) is 42.3 Å². The first kappa shape index (κ1) is 14.5. The van der Waals surface area contributed by atoms with Crippen LogP contribution in [0.1, 0.15) is 20.3 Å². The highest BCUT2D eigenvalue weighted by atomic mass is 16.6. The first-order valence-electron chi connectivity index (χ1n) is 6.91. The number of nitro groups is 1. The number of aromatic nitrogens is 1. The molecule has 1 atom stereocenters. The summed E-state index contributed by atoms with van der Waals surface area (Å²) in [5.41, 5.74) is 0.0448. The Labute approximate surface area is 118 Å². The third-order valence-corrected chi connectivity index (χ3v) is 3.30. The van der Waals surface area contributed by atoms with E-state index in [4.69, 9.17) is 4.74 Å². The van der Waals surface area contributed by atoms with Gasteiger partial charge in [0.15, 0.2) is 0 Å². The molecule has 1 fully saturated rings. The van der Waals surface area contributed by atoms with E-state index in [1.54, 1.807) is 6.07 Å². The molecule has 2 heterocycles. The fraction of sp³-hybridized carbons (Fsp3) is 0.615. The zero-order chi connectivity index (χ0) is 14.5. The number of morpholine rings is 1. The molecule has 20 heavy (non-hydrogen) atoms. The molecule has 1 aliphatic heterocycles. The molecule has 110 valence electrons. The molecule has 7 nitrogen and oxygen atoms in total. The van der Waals surface area contributed by atoms with Crippen molar-refractivity contribution in [3.8, 4) is 0 Å². The van der Waals surface area contributed by atoms with Gasteiger partial charge in [-0.2, -0.15) is 0 Å². The number of nitrogens with zero attached hydrogens (tertiary/aromatic N) is 3. The van der Waals surface area contributed by atoms with Gasteiger partial charge in [-0.1, -0.05) is 6.92 Å². The topological polar surface area (TPSA) is 80.5 Å². The van der Waals surface area contributed by atoms with Crippen LogP contribution in [0.2, 0.25) is 0 Å². The van der Waals surface area contributed by atoms with Gasteiger partial charge in [-0.05, 0) is 19.4 Å². The first-order valence-corrected chi connectivity index (χ1v) is 6.91. The van der Waals surface area contributed by atoms with Crippen molar-refractivity contribution < 1.29 is 9.66 Å². The van der Waals surface area contributed by atoms with Crippen LogP contribution in [0.4, 0.5) is 17.3 Å². The standard InChI is InChI=1S/C13H20N4O3/c1-3-10-9-16(7-8-20-10)13-11(17(18)19)5-6-12(15-13)14-4-2/h5-6,10H,3-4,7-9H2,1-2H3,(H,14,15). The molecule has 0 bridgehead atoms. The molecular weight excluding hydrogens is 260 g/mol. The summed E-state index contributed by atoms with van der Waals surface area (Å²) in [4.78, 5) is 17.1. The molecule has 0 saturated carbocycles. The second-order valence-electron chi connectivity index (χ2n) is 4.67. The van der Waals surface area contributed by atoms with E-state index in [1.807, 2.05) is 18.7 Å². The predicted octanol–water partition coefficient (Wildman–Crippen LogP) is 2.04. The lowest BCUT2D eigenvalue weighted by Gasteiger charge is -2.33. The molecule has 0 aromatic carbocycles. The van der Waals surface area contributed by atoms with Crippen molar-refractivity contribution >= 4 is 17.3 Å². The summed E-state index contributed by atoms with van der Waals surface area (Å²) in [6, 6.07) is 3.15. The van der Waals surface area contributed by atoms with Crippen molar-refractivity contribution in [2.75, 3.05) is 36.5 Å². The van der Waals surface area contributed by atoms with Crippen LogP contribution in [0.3, 0.4) is 0 Å². The molecule has 0 radical (unpaired) electrons. The second kappa shape index (κ2) is 6.51. The first-order chi connectivity index (χ1) is 9.65. The monoisotopic (exact) mass is 280 g/mol. The predicted molar refractivity (Wildman–Crippen MR) is 77.3 cm³/mol. The van der Waals surface area contributed by atoms with E-state index in [1.165, 1.54) is 6.07 Å². The van der Waals surface area contributed by atoms with E-state index in [9.17, 15) is 10.1 Å². The van der Waals surface area contributed by atoms with Gasteiger partial charge in [0.2, 0.25) is 5.82 Å². The summed E-state index contributed by atoms with van der Waals surface area (Å²) in [6.45, 7) is 6.57. The van der Waals surface area contributed by atoms with Gasteiger partial charge in [-0.15, -0.1) is 0 Å². The molecule has 2 rings (SSSR count). The third kappa shape index (κ3) is 3.16. The molecule has 1 saturated heterocycles. The van der Waals surface area contributed by atoms with E-state index in [2.05, 4.69) is 10.3 Å². The van der Waals surface area contributed by atoms with Gasteiger partial charge in [-0.25, -0.2) is 4.98 Å². The molecule has 1 aromatic heterocycles. The summed E-state index contributed by atoms with van der Waals surface area (Å²) >= 11 is 0. The number of ether oxygens (including phenoxy) is 1. The summed E-state index contributed by atoms with van der Waals surface area (Å²) in [7, 11) is 0. The number of hydrogen-bond donors (Lipinski definition) is 1. The maximum atomic E-state index is 11.2. The van der Waals surface area contributed by atoms with Crippen LogP contribution in [0.15, 0.2) is 12.1 Å². The number of anilines is 2. The van der Waals surface area contributed by atoms with Crippen molar-refractivity contribution in [3.05, 3.63) is 22.2 Å². The van der Waals surface area contributed by atoms with Crippen molar-refractivity contribution in [1.82, 2.24) is 4.98 Å². The molecule has 7 heteroatoms. The van der Waals surface area contributed by atoms with Gasteiger partial charge >= 0.3 is 5.69 Å². The highest BCUT2D eigenvalue weighted by Gasteiger charge is 2.26. The van der Waals surface area contributed by atoms with Crippen LogP contribution in [-0.2, 0) is 4.74 Å². The minimum absolute atomic E-state index is 0.0448. The second-order valence-corrected chi connectivity index (χ2v) is 4.67. The molecule has 1 aliphatic rings.